The SMILES string of the molecule is COC(=O)CC1CC=C(c2sc(-c3ccc(F)cc3C)c(NCC(=O)C(C)(C)c3cc(C(F)(F)F)cc(C(F)(F)F)c3)c2C#N)CC1. The van der Waals surface area contributed by atoms with E-state index in [1.54, 1.807) is 6.92 Å². The van der Waals surface area contributed by atoms with E-state index in [4.69, 9.17) is 4.74 Å². The molecule has 0 spiro atoms. The second-order valence-electron chi connectivity index (χ2n) is 11.9. The van der Waals surface area contributed by atoms with Gasteiger partial charge in [-0.3, -0.25) is 9.59 Å². The number of hydrogen-bond donors (Lipinski definition) is 1. The third-order valence-electron chi connectivity index (χ3n) is 8.38. The summed E-state index contributed by atoms with van der Waals surface area (Å²) in [6, 6.07) is 7.33. The number of benzene rings is 2. The fourth-order valence-corrected chi connectivity index (χ4v) is 6.86. The maximum Gasteiger partial charge on any atom is 0.416 e. The minimum atomic E-state index is -5.09. The number of methoxy groups -OCH3 is 1. The predicted octanol–water partition coefficient (Wildman–Crippen LogP) is 9.48. The fraction of sp³-hybridized carbons (Fsp3) is 0.382. The van der Waals surface area contributed by atoms with Crippen LogP contribution in [-0.2, 0) is 32.1 Å². The Kier molecular flexibility index (Phi) is 10.3. The third kappa shape index (κ3) is 7.87. The number of aryl methyl sites for hydroxylation is 1. The van der Waals surface area contributed by atoms with E-state index in [9.17, 15) is 45.6 Å². The molecule has 1 atom stereocenters. The van der Waals surface area contributed by atoms with E-state index >= 15 is 0 Å². The number of nitriles is 1. The van der Waals surface area contributed by atoms with Gasteiger partial charge in [-0.15, -0.1) is 11.3 Å². The summed E-state index contributed by atoms with van der Waals surface area (Å²) < 4.78 is 100. The summed E-state index contributed by atoms with van der Waals surface area (Å²) in [5.74, 6) is -1.48. The van der Waals surface area contributed by atoms with Gasteiger partial charge in [0.1, 0.15) is 11.9 Å². The molecule has 13 heteroatoms. The van der Waals surface area contributed by atoms with Crippen molar-refractivity contribution in [1.82, 2.24) is 0 Å². The first-order valence-electron chi connectivity index (χ1n) is 14.5. The van der Waals surface area contributed by atoms with Crippen molar-refractivity contribution in [2.24, 2.45) is 5.92 Å². The van der Waals surface area contributed by atoms with Crippen molar-refractivity contribution in [2.75, 3.05) is 19.0 Å². The molecule has 250 valence electrons. The molecule has 1 aromatic heterocycles. The molecule has 1 unspecified atom stereocenters. The first-order valence-corrected chi connectivity index (χ1v) is 15.3. The van der Waals surface area contributed by atoms with Crippen molar-refractivity contribution in [1.29, 1.82) is 5.26 Å². The number of hydrogen-bond acceptors (Lipinski definition) is 6. The van der Waals surface area contributed by atoms with Crippen LogP contribution in [0.2, 0.25) is 0 Å². The molecule has 4 rings (SSSR count). The molecule has 1 aliphatic carbocycles. The Morgan fingerprint density at radius 3 is 2.13 bits per heavy atom. The van der Waals surface area contributed by atoms with Gasteiger partial charge in [0.2, 0.25) is 0 Å². The maximum atomic E-state index is 14.0. The number of ketones is 1. The summed E-state index contributed by atoms with van der Waals surface area (Å²) in [5.41, 5.74) is -2.95. The van der Waals surface area contributed by atoms with Gasteiger partial charge in [-0.2, -0.15) is 31.6 Å². The number of alkyl halides is 6. The molecular formula is C34H31F7N2O3S. The van der Waals surface area contributed by atoms with Gasteiger partial charge in [-0.1, -0.05) is 12.1 Å². The highest BCUT2D eigenvalue weighted by molar-refractivity contribution is 7.17. The number of esters is 1. The third-order valence-corrected chi connectivity index (χ3v) is 9.68. The smallest absolute Gasteiger partial charge is 0.416 e. The highest BCUT2D eigenvalue weighted by Crippen LogP contribution is 2.47. The molecule has 0 aliphatic heterocycles. The van der Waals surface area contributed by atoms with Crippen molar-refractivity contribution < 1.29 is 45.1 Å². The number of nitrogens with one attached hydrogen (secondary N) is 1. The molecule has 47 heavy (non-hydrogen) atoms. The molecule has 1 aliphatic rings. The Balaban J connectivity index is 1.73. The minimum absolute atomic E-state index is 0.00327. The Bertz CT molecular complexity index is 1730. The van der Waals surface area contributed by atoms with Gasteiger partial charge >= 0.3 is 18.3 Å². The van der Waals surface area contributed by atoms with Crippen LogP contribution >= 0.6 is 11.3 Å². The predicted molar refractivity (Wildman–Crippen MR) is 164 cm³/mol. The number of allylic oxidation sites excluding steroid dienone is 2. The van der Waals surface area contributed by atoms with Crippen LogP contribution in [0.4, 0.5) is 36.4 Å². The van der Waals surface area contributed by atoms with Crippen LogP contribution in [0.1, 0.15) is 72.2 Å². The Morgan fingerprint density at radius 2 is 1.62 bits per heavy atom. The van der Waals surface area contributed by atoms with E-state index in [1.807, 2.05) is 6.08 Å². The van der Waals surface area contributed by atoms with Gasteiger partial charge in [-0.05, 0) is 98.5 Å². The van der Waals surface area contributed by atoms with Crippen LogP contribution in [0.25, 0.3) is 16.0 Å². The van der Waals surface area contributed by atoms with Crippen LogP contribution in [0.15, 0.2) is 42.5 Å². The standard InChI is InChI=1S/C34H31F7N2O3S/c1-18-11-24(35)9-10-25(18)31-29(26(16-42)30(47-31)20-7-5-19(6-8-20)12-28(45)46-4)43-17-27(44)32(2,3)21-13-22(33(36,37)38)15-23(14-21)34(39,40)41/h7,9-11,13-15,19,43H,5-6,8,12,17H2,1-4H3. The molecule has 1 heterocycles. The van der Waals surface area contributed by atoms with E-state index in [0.29, 0.717) is 52.3 Å². The van der Waals surface area contributed by atoms with Gasteiger partial charge in [0.15, 0.2) is 5.78 Å². The first kappa shape index (κ1) is 35.7. The van der Waals surface area contributed by atoms with Gasteiger partial charge < -0.3 is 10.1 Å². The lowest BCUT2D eigenvalue weighted by Crippen LogP contribution is -2.35. The Labute approximate surface area is 271 Å². The number of thiophene rings is 1. The zero-order valence-electron chi connectivity index (χ0n) is 25.9. The lowest BCUT2D eigenvalue weighted by atomic mass is 9.79. The van der Waals surface area contributed by atoms with Gasteiger partial charge in [-0.25, -0.2) is 4.39 Å². The first-order chi connectivity index (χ1) is 21.9. The number of Topliss-reactive ketones (excluding diaryl/α,β-unsaturated/α-hetero) is 1. The van der Waals surface area contributed by atoms with Crippen LogP contribution < -0.4 is 5.32 Å². The molecule has 2 aromatic carbocycles. The van der Waals surface area contributed by atoms with Crippen LogP contribution in [0, 0.1) is 30.0 Å². The summed E-state index contributed by atoms with van der Waals surface area (Å²) in [4.78, 5) is 26.4. The molecule has 0 saturated heterocycles. The Morgan fingerprint density at radius 1 is 1.00 bits per heavy atom. The van der Waals surface area contributed by atoms with E-state index in [0.717, 1.165) is 5.57 Å². The molecule has 1 N–H and O–H groups in total. The van der Waals surface area contributed by atoms with Crippen LogP contribution in [-0.4, -0.2) is 25.4 Å². The number of anilines is 1. The molecule has 0 amide bonds. The van der Waals surface area contributed by atoms with E-state index in [2.05, 4.69) is 11.4 Å². The van der Waals surface area contributed by atoms with Gasteiger partial charge in [0.25, 0.3) is 0 Å². The van der Waals surface area contributed by atoms with Gasteiger partial charge in [0.05, 0.1) is 51.2 Å². The average Bonchev–Trinajstić information content (AvgIpc) is 3.36. The summed E-state index contributed by atoms with van der Waals surface area (Å²) in [7, 11) is 1.32. The molecule has 0 saturated carbocycles. The van der Waals surface area contributed by atoms with Crippen molar-refractivity contribution in [3.8, 4) is 16.5 Å². The van der Waals surface area contributed by atoms with E-state index < -0.39 is 52.6 Å². The summed E-state index contributed by atoms with van der Waals surface area (Å²) in [6.45, 7) is 3.60. The normalized spacial score (nSPS) is 15.5. The number of nitrogens with zero attached hydrogens (tertiary/aromatic N) is 1. The van der Waals surface area contributed by atoms with E-state index in [1.165, 1.54) is 50.5 Å². The summed E-state index contributed by atoms with van der Waals surface area (Å²) in [5, 5.41) is 13.2. The minimum Gasteiger partial charge on any atom is -0.469 e. The molecular weight excluding hydrogens is 649 g/mol. The summed E-state index contributed by atoms with van der Waals surface area (Å²) in [6.07, 6.45) is -6.23. The largest absolute Gasteiger partial charge is 0.469 e. The maximum absolute atomic E-state index is 14.0. The topological polar surface area (TPSA) is 79.2 Å². The van der Waals surface area contributed by atoms with Crippen molar-refractivity contribution in [3.05, 3.63) is 81.0 Å². The monoisotopic (exact) mass is 680 g/mol. The zero-order valence-corrected chi connectivity index (χ0v) is 26.7. The number of carbonyl (C=O) groups excluding carboxylic acids is 2. The molecule has 0 bridgehead atoms. The van der Waals surface area contributed by atoms with Crippen LogP contribution in [0.5, 0.6) is 0 Å². The molecule has 0 fully saturated rings. The number of ether oxygens (including phenoxy) is 1. The molecule has 5 nitrogen and oxygen atoms in total. The van der Waals surface area contributed by atoms with Crippen molar-refractivity contribution in [2.45, 2.75) is 64.2 Å². The highest BCUT2D eigenvalue weighted by Gasteiger charge is 2.40. The lowest BCUT2D eigenvalue weighted by molar-refractivity contribution is -0.144. The number of halogens is 7. The Hall–Kier alpha value is -4.18. The number of rotatable bonds is 9. The van der Waals surface area contributed by atoms with Crippen LogP contribution in [0.3, 0.4) is 0 Å². The molecule has 3 aromatic rings. The van der Waals surface area contributed by atoms with Crippen molar-refractivity contribution >= 4 is 34.3 Å². The van der Waals surface area contributed by atoms with E-state index in [-0.39, 0.29) is 35.6 Å². The average molecular weight is 681 g/mol. The lowest BCUT2D eigenvalue weighted by Gasteiger charge is -2.26. The highest BCUT2D eigenvalue weighted by atomic mass is 32.1. The van der Waals surface area contributed by atoms with Gasteiger partial charge in [0, 0.05) is 6.42 Å². The number of carbonyl (C=O) groups is 2. The second-order valence-corrected chi connectivity index (χ2v) is 12.9. The quantitative estimate of drug-likeness (QED) is 0.180. The molecule has 0 radical (unpaired) electrons. The van der Waals surface area contributed by atoms with Crippen molar-refractivity contribution in [3.63, 3.8) is 0 Å². The summed E-state index contributed by atoms with van der Waals surface area (Å²) >= 11 is 1.25. The zero-order chi connectivity index (χ0) is 34.9. The fourth-order valence-electron chi connectivity index (χ4n) is 5.47. The second kappa shape index (κ2) is 13.5.